The van der Waals surface area contributed by atoms with E-state index < -0.39 is 46.3 Å². The average Bonchev–Trinajstić information content (AvgIpc) is 3.44. The van der Waals surface area contributed by atoms with Crippen LogP contribution in [-0.2, 0) is 27.3 Å². The van der Waals surface area contributed by atoms with E-state index in [4.69, 9.17) is 0 Å². The quantitative estimate of drug-likeness (QED) is 0.0680. The molecule has 0 bridgehead atoms. The Hall–Kier alpha value is -5.45. The van der Waals surface area contributed by atoms with Gasteiger partial charge in [-0.05, 0) is 77.4 Å². The Morgan fingerprint density at radius 3 is 2.08 bits per heavy atom. The molecule has 0 amide bonds. The number of nitrogens with zero attached hydrogens (tertiary/aromatic N) is 3. The average molecular weight is 710 g/mol. The van der Waals surface area contributed by atoms with E-state index in [2.05, 4.69) is 16.9 Å². The lowest BCUT2D eigenvalue weighted by atomic mass is 9.90. The molecule has 0 aliphatic heterocycles. The Kier molecular flexibility index (Phi) is 9.76. The molecule has 6 nitrogen and oxygen atoms in total. The number of esters is 1. The Balaban J connectivity index is 1.68. The van der Waals surface area contributed by atoms with Gasteiger partial charge in [-0.2, -0.15) is 14.5 Å². The van der Waals surface area contributed by atoms with Crippen molar-refractivity contribution in [3.63, 3.8) is 0 Å². The second-order valence-electron chi connectivity index (χ2n) is 11.1. The summed E-state index contributed by atoms with van der Waals surface area (Å²) in [7, 11) is 3.20. The van der Waals surface area contributed by atoms with Crippen molar-refractivity contribution in [2.24, 2.45) is 0 Å². The molecule has 0 radical (unpaired) electrons. The number of methoxy groups -OCH3 is 1. The van der Waals surface area contributed by atoms with Crippen molar-refractivity contribution in [2.45, 2.75) is 17.2 Å². The van der Waals surface area contributed by atoms with E-state index in [0.29, 0.717) is 5.56 Å². The number of rotatable bonds is 8. The molecule has 1 aromatic heterocycles. The lowest BCUT2D eigenvalue weighted by molar-refractivity contribution is -0.139. The summed E-state index contributed by atoms with van der Waals surface area (Å²) in [4.78, 5) is 12.0. The highest BCUT2D eigenvalue weighted by atomic mass is 32.2. The van der Waals surface area contributed by atoms with Gasteiger partial charge in [0.05, 0.1) is 47.9 Å². The highest BCUT2D eigenvalue weighted by Crippen LogP contribution is 2.46. The normalized spacial score (nSPS) is 12.3. The van der Waals surface area contributed by atoms with Gasteiger partial charge in [0.2, 0.25) is 0 Å². The number of halogens is 4. The van der Waals surface area contributed by atoms with Crippen molar-refractivity contribution < 1.29 is 31.6 Å². The fraction of sp³-hybridized carbons (Fsp3) is 0.0789. The van der Waals surface area contributed by atoms with E-state index in [0.717, 1.165) is 19.2 Å². The summed E-state index contributed by atoms with van der Waals surface area (Å²) in [6, 6.07) is 26.5. The molecule has 0 fully saturated rings. The first-order chi connectivity index (χ1) is 24.1. The summed E-state index contributed by atoms with van der Waals surface area (Å²) in [6.07, 6.45) is -0.347. The minimum absolute atomic E-state index is 0.0653. The van der Waals surface area contributed by atoms with Gasteiger partial charge in [-0.25, -0.2) is 17.6 Å². The van der Waals surface area contributed by atoms with Crippen molar-refractivity contribution in [1.29, 1.82) is 10.5 Å². The smallest absolute Gasteiger partial charge is 0.309 e. The van der Waals surface area contributed by atoms with Crippen LogP contribution in [0.15, 0.2) is 102 Å². The van der Waals surface area contributed by atoms with E-state index in [1.54, 1.807) is 6.07 Å². The maximum Gasteiger partial charge on any atom is 0.309 e. The SMILES string of the molecule is COC(=O)Cc1cc(F)c(-c2cccc(-c3c(-c4c(C#N)cccc4C#N)c4cc(F)ccc4n3[S+]([O-])c3ccc(C(F)P)cc3)c2)c(F)c1. The number of nitriles is 2. The summed E-state index contributed by atoms with van der Waals surface area (Å²) in [5.41, 5.74) is 1.25. The molecule has 3 atom stereocenters. The molecule has 0 spiro atoms. The number of carbonyl (C=O) groups excluding carboxylic acids is 1. The Bertz CT molecular complexity index is 2330. The number of benzene rings is 5. The third-order valence-electron chi connectivity index (χ3n) is 8.11. The van der Waals surface area contributed by atoms with Crippen LogP contribution in [0.4, 0.5) is 17.6 Å². The van der Waals surface area contributed by atoms with E-state index >= 15 is 13.2 Å². The number of carbonyl (C=O) groups is 1. The summed E-state index contributed by atoms with van der Waals surface area (Å²) in [6.45, 7) is 0. The molecule has 0 aliphatic carbocycles. The molecule has 0 saturated carbocycles. The van der Waals surface area contributed by atoms with Gasteiger partial charge in [0, 0.05) is 22.1 Å². The molecule has 6 rings (SSSR count). The molecule has 0 saturated heterocycles. The second kappa shape index (κ2) is 14.2. The first kappa shape index (κ1) is 34.4. The molecule has 5 aromatic carbocycles. The number of aromatic nitrogens is 1. The van der Waals surface area contributed by atoms with Crippen LogP contribution in [0, 0.1) is 40.1 Å². The highest BCUT2D eigenvalue weighted by Gasteiger charge is 2.31. The Morgan fingerprint density at radius 2 is 1.48 bits per heavy atom. The topological polar surface area (TPSA) is 102 Å². The van der Waals surface area contributed by atoms with Crippen molar-refractivity contribution >= 4 is 37.5 Å². The van der Waals surface area contributed by atoms with Crippen LogP contribution in [0.3, 0.4) is 0 Å². The number of alkyl halides is 1. The molecule has 0 aliphatic rings. The zero-order valence-corrected chi connectivity index (χ0v) is 28.1. The van der Waals surface area contributed by atoms with Gasteiger partial charge in [0.1, 0.15) is 40.4 Å². The minimum Gasteiger partial charge on any atom is -0.587 e. The summed E-state index contributed by atoms with van der Waals surface area (Å²) < 4.78 is 80.8. The fourth-order valence-corrected chi connectivity index (χ4v) is 7.37. The van der Waals surface area contributed by atoms with Crippen molar-refractivity contribution in [2.75, 3.05) is 7.11 Å². The molecule has 6 aromatic rings. The van der Waals surface area contributed by atoms with Crippen LogP contribution in [0.25, 0.3) is 44.4 Å². The summed E-state index contributed by atoms with van der Waals surface area (Å²) in [5.74, 6) is -4.58. The van der Waals surface area contributed by atoms with Gasteiger partial charge >= 0.3 is 5.97 Å². The van der Waals surface area contributed by atoms with E-state index in [-0.39, 0.29) is 66.9 Å². The molecule has 12 heteroatoms. The van der Waals surface area contributed by atoms with Crippen molar-refractivity contribution in [3.05, 3.63) is 137 Å². The molecule has 0 N–H and O–H groups in total. The summed E-state index contributed by atoms with van der Waals surface area (Å²) in [5, 5.41) is 20.5. The van der Waals surface area contributed by atoms with Crippen LogP contribution >= 0.6 is 9.24 Å². The van der Waals surface area contributed by atoms with Gasteiger partial charge in [-0.1, -0.05) is 45.6 Å². The molecule has 50 heavy (non-hydrogen) atoms. The van der Waals surface area contributed by atoms with E-state index in [9.17, 15) is 24.3 Å². The lowest BCUT2D eigenvalue weighted by Gasteiger charge is -2.17. The third kappa shape index (κ3) is 6.35. The van der Waals surface area contributed by atoms with Gasteiger partial charge in [-0.15, -0.1) is 0 Å². The zero-order valence-electron chi connectivity index (χ0n) is 26.1. The Morgan fingerprint density at radius 1 is 0.860 bits per heavy atom. The fourth-order valence-electron chi connectivity index (χ4n) is 5.87. The molecular formula is C38H24F4N3O3PS. The highest BCUT2D eigenvalue weighted by molar-refractivity contribution is 7.90. The van der Waals surface area contributed by atoms with Crippen LogP contribution in [0.2, 0.25) is 0 Å². The minimum atomic E-state index is -2.09. The van der Waals surface area contributed by atoms with Gasteiger partial charge in [-0.3, -0.25) is 4.79 Å². The largest absolute Gasteiger partial charge is 0.587 e. The Labute approximate surface area is 289 Å². The second-order valence-corrected chi connectivity index (χ2v) is 13.0. The zero-order chi connectivity index (χ0) is 35.7. The predicted molar refractivity (Wildman–Crippen MR) is 185 cm³/mol. The predicted octanol–water partition coefficient (Wildman–Crippen LogP) is 8.93. The number of fused-ring (bicyclic) bond motifs is 1. The van der Waals surface area contributed by atoms with Crippen molar-refractivity contribution in [3.8, 4) is 45.6 Å². The maximum atomic E-state index is 15.6. The number of hydrogen-bond donors (Lipinski definition) is 0. The van der Waals surface area contributed by atoms with Crippen LogP contribution in [0.1, 0.15) is 28.2 Å². The standard InChI is InChI=1S/C38H24F4N3O3PS/c1-48-33(46)16-21-14-30(40)35(31(41)15-21)23-4-2-5-24(17-23)37-36(34-25(19-43)6-3-7-26(34)20-44)29-18-27(39)10-13-32(29)45(37)50(47)28-11-8-22(9-12-28)38(42)49/h2-15,17-18,38H,16,49H2,1H3. The maximum absolute atomic E-state index is 15.6. The van der Waals surface area contributed by atoms with Crippen LogP contribution in [0.5, 0.6) is 0 Å². The monoisotopic (exact) mass is 709 g/mol. The van der Waals surface area contributed by atoms with Gasteiger partial charge in [0.25, 0.3) is 0 Å². The van der Waals surface area contributed by atoms with E-state index in [1.165, 1.54) is 82.8 Å². The number of hydrogen-bond acceptors (Lipinski definition) is 5. The van der Waals surface area contributed by atoms with Crippen molar-refractivity contribution in [1.82, 2.24) is 3.97 Å². The molecule has 3 unspecified atom stereocenters. The van der Waals surface area contributed by atoms with Crippen LogP contribution in [-0.4, -0.2) is 21.6 Å². The van der Waals surface area contributed by atoms with Gasteiger partial charge < -0.3 is 9.29 Å². The van der Waals surface area contributed by atoms with E-state index in [1.807, 2.05) is 9.24 Å². The van der Waals surface area contributed by atoms with Gasteiger partial charge in [0.15, 0.2) is 4.90 Å². The first-order valence-corrected chi connectivity index (χ1v) is 16.7. The third-order valence-corrected chi connectivity index (χ3v) is 9.88. The number of ether oxygens (including phenoxy) is 1. The summed E-state index contributed by atoms with van der Waals surface area (Å²) >= 11 is -2.09. The molecule has 248 valence electrons. The van der Waals surface area contributed by atoms with Crippen LogP contribution < -0.4 is 0 Å². The first-order valence-electron chi connectivity index (χ1n) is 14.9. The molecular weight excluding hydrogens is 685 g/mol. The molecule has 1 heterocycles. The lowest BCUT2D eigenvalue weighted by Crippen LogP contribution is -2.14.